The van der Waals surface area contributed by atoms with Crippen molar-refractivity contribution in [2.24, 2.45) is 0 Å². The molecule has 0 bridgehead atoms. The molecule has 0 aromatic heterocycles. The van der Waals surface area contributed by atoms with Crippen LogP contribution in [0, 0.1) is 0 Å². The first-order valence-corrected chi connectivity index (χ1v) is 8.39. The van der Waals surface area contributed by atoms with Gasteiger partial charge in [-0.2, -0.15) is 0 Å². The van der Waals surface area contributed by atoms with Crippen LogP contribution in [0.25, 0.3) is 0 Å². The Morgan fingerprint density at radius 3 is 2.19 bits per heavy atom. The largest absolute Gasteiger partial charge is 0.493 e. The molecule has 0 saturated carbocycles. The number of carbonyl (C=O) groups is 2. The summed E-state index contributed by atoms with van der Waals surface area (Å²) in [6, 6.07) is 11.5. The van der Waals surface area contributed by atoms with Crippen LogP contribution in [-0.4, -0.2) is 32.7 Å². The van der Waals surface area contributed by atoms with Gasteiger partial charge in [-0.05, 0) is 48.9 Å². The predicted octanol–water partition coefficient (Wildman–Crippen LogP) is 3.91. The number of esters is 1. The van der Waals surface area contributed by atoms with Crippen LogP contribution < -0.4 is 14.8 Å². The highest BCUT2D eigenvalue weighted by Gasteiger charge is 2.12. The number of hydrogen-bond donors (Lipinski definition) is 1. The average molecular weight is 357 g/mol. The van der Waals surface area contributed by atoms with Gasteiger partial charge in [-0.1, -0.05) is 13.3 Å². The molecule has 0 unspecified atom stereocenters. The van der Waals surface area contributed by atoms with E-state index in [0.717, 1.165) is 12.8 Å². The molecule has 6 nitrogen and oxygen atoms in total. The highest BCUT2D eigenvalue weighted by molar-refractivity contribution is 6.04. The number of rotatable bonds is 8. The maximum atomic E-state index is 12.4. The Bertz CT molecular complexity index is 755. The van der Waals surface area contributed by atoms with Crippen molar-refractivity contribution < 1.29 is 23.8 Å². The van der Waals surface area contributed by atoms with Crippen molar-refractivity contribution in [3.8, 4) is 11.5 Å². The summed E-state index contributed by atoms with van der Waals surface area (Å²) in [6.45, 7) is 2.44. The van der Waals surface area contributed by atoms with Gasteiger partial charge >= 0.3 is 5.97 Å². The quantitative estimate of drug-likeness (QED) is 0.573. The molecule has 0 spiro atoms. The van der Waals surface area contributed by atoms with E-state index in [4.69, 9.17) is 14.2 Å². The van der Waals surface area contributed by atoms with E-state index in [1.807, 2.05) is 6.92 Å². The van der Waals surface area contributed by atoms with Crippen LogP contribution in [0.3, 0.4) is 0 Å². The monoisotopic (exact) mass is 357 g/mol. The minimum Gasteiger partial charge on any atom is -0.493 e. The SMILES string of the molecule is CCCCOC(=O)c1ccc(NC(=O)c2ccc(OC)c(OC)c2)cc1. The van der Waals surface area contributed by atoms with Crippen molar-refractivity contribution in [3.63, 3.8) is 0 Å². The molecule has 0 aliphatic rings. The number of anilines is 1. The standard InChI is InChI=1S/C20H23NO5/c1-4-5-12-26-20(23)14-6-9-16(10-7-14)21-19(22)15-8-11-17(24-2)18(13-15)25-3/h6-11,13H,4-5,12H2,1-3H3,(H,21,22). The molecule has 0 radical (unpaired) electrons. The summed E-state index contributed by atoms with van der Waals surface area (Å²) in [5, 5.41) is 2.78. The number of unbranched alkanes of at least 4 members (excludes halogenated alkanes) is 1. The zero-order valence-corrected chi connectivity index (χ0v) is 15.2. The molecule has 138 valence electrons. The van der Waals surface area contributed by atoms with E-state index in [9.17, 15) is 9.59 Å². The van der Waals surface area contributed by atoms with Crippen molar-refractivity contribution in [1.29, 1.82) is 0 Å². The number of carbonyl (C=O) groups excluding carboxylic acids is 2. The molecule has 1 N–H and O–H groups in total. The predicted molar refractivity (Wildman–Crippen MR) is 99.1 cm³/mol. The summed E-state index contributed by atoms with van der Waals surface area (Å²) < 4.78 is 15.5. The lowest BCUT2D eigenvalue weighted by Gasteiger charge is -2.10. The van der Waals surface area contributed by atoms with Crippen LogP contribution in [0.5, 0.6) is 11.5 Å². The van der Waals surface area contributed by atoms with Gasteiger partial charge in [0.1, 0.15) is 0 Å². The summed E-state index contributed by atoms with van der Waals surface area (Å²) in [7, 11) is 3.05. The van der Waals surface area contributed by atoms with Crippen molar-refractivity contribution in [3.05, 3.63) is 53.6 Å². The van der Waals surface area contributed by atoms with Gasteiger partial charge in [-0.15, -0.1) is 0 Å². The van der Waals surface area contributed by atoms with Gasteiger partial charge in [-0.3, -0.25) is 4.79 Å². The minimum atomic E-state index is -0.365. The third kappa shape index (κ3) is 4.99. The van der Waals surface area contributed by atoms with Crippen LogP contribution in [0.1, 0.15) is 40.5 Å². The molecule has 0 heterocycles. The molecule has 2 aromatic carbocycles. The molecule has 6 heteroatoms. The summed E-state index contributed by atoms with van der Waals surface area (Å²) in [5.41, 5.74) is 1.46. The molecule has 1 amide bonds. The van der Waals surface area contributed by atoms with Crippen molar-refractivity contribution >= 4 is 17.6 Å². The van der Waals surface area contributed by atoms with Gasteiger partial charge in [0.2, 0.25) is 0 Å². The number of amides is 1. The number of hydrogen-bond acceptors (Lipinski definition) is 5. The Morgan fingerprint density at radius 1 is 0.923 bits per heavy atom. The fraction of sp³-hybridized carbons (Fsp3) is 0.300. The molecule has 2 aromatic rings. The smallest absolute Gasteiger partial charge is 0.338 e. The Labute approximate surface area is 153 Å². The molecule has 0 aliphatic heterocycles. The van der Waals surface area contributed by atoms with E-state index in [0.29, 0.717) is 34.9 Å². The summed E-state index contributed by atoms with van der Waals surface area (Å²) >= 11 is 0. The van der Waals surface area contributed by atoms with E-state index >= 15 is 0 Å². The van der Waals surface area contributed by atoms with Crippen molar-refractivity contribution in [1.82, 2.24) is 0 Å². The highest BCUT2D eigenvalue weighted by atomic mass is 16.5. The zero-order chi connectivity index (χ0) is 18.9. The van der Waals surface area contributed by atoms with Crippen LogP contribution >= 0.6 is 0 Å². The third-order valence-corrected chi connectivity index (χ3v) is 3.76. The Kier molecular flexibility index (Phi) is 7.02. The minimum absolute atomic E-state index is 0.288. The zero-order valence-electron chi connectivity index (χ0n) is 15.2. The molecule has 2 rings (SSSR count). The molecule has 26 heavy (non-hydrogen) atoms. The lowest BCUT2D eigenvalue weighted by Crippen LogP contribution is -2.12. The molecular weight excluding hydrogens is 334 g/mol. The molecule has 0 saturated heterocycles. The van der Waals surface area contributed by atoms with Crippen LogP contribution in [0.15, 0.2) is 42.5 Å². The first kappa shape index (κ1) is 19.3. The highest BCUT2D eigenvalue weighted by Crippen LogP contribution is 2.27. The lowest BCUT2D eigenvalue weighted by atomic mass is 10.1. The second-order valence-electron chi connectivity index (χ2n) is 5.59. The normalized spacial score (nSPS) is 10.1. The van der Waals surface area contributed by atoms with Crippen LogP contribution in [0.4, 0.5) is 5.69 Å². The van der Waals surface area contributed by atoms with Crippen LogP contribution in [-0.2, 0) is 4.74 Å². The molecule has 0 atom stereocenters. The fourth-order valence-electron chi connectivity index (χ4n) is 2.26. The maximum Gasteiger partial charge on any atom is 0.338 e. The van der Waals surface area contributed by atoms with E-state index in [1.165, 1.54) is 14.2 Å². The van der Waals surface area contributed by atoms with Gasteiger partial charge in [0.25, 0.3) is 5.91 Å². The van der Waals surface area contributed by atoms with E-state index in [-0.39, 0.29) is 11.9 Å². The third-order valence-electron chi connectivity index (χ3n) is 3.76. The first-order valence-electron chi connectivity index (χ1n) is 8.39. The topological polar surface area (TPSA) is 73.9 Å². The second kappa shape index (κ2) is 9.46. The van der Waals surface area contributed by atoms with E-state index < -0.39 is 0 Å². The Morgan fingerprint density at radius 2 is 1.58 bits per heavy atom. The van der Waals surface area contributed by atoms with Crippen molar-refractivity contribution in [2.75, 3.05) is 26.1 Å². The van der Waals surface area contributed by atoms with Gasteiger partial charge in [0, 0.05) is 11.3 Å². The maximum absolute atomic E-state index is 12.4. The number of benzene rings is 2. The summed E-state index contributed by atoms with van der Waals surface area (Å²) in [6.07, 6.45) is 1.81. The molecule has 0 aliphatic carbocycles. The van der Waals surface area contributed by atoms with Gasteiger partial charge in [-0.25, -0.2) is 4.79 Å². The van der Waals surface area contributed by atoms with E-state index in [1.54, 1.807) is 42.5 Å². The fourth-order valence-corrected chi connectivity index (χ4v) is 2.26. The molecule has 0 fully saturated rings. The number of nitrogens with one attached hydrogen (secondary N) is 1. The lowest BCUT2D eigenvalue weighted by molar-refractivity contribution is 0.0499. The first-order chi connectivity index (χ1) is 12.6. The second-order valence-corrected chi connectivity index (χ2v) is 5.59. The Hall–Kier alpha value is -3.02. The van der Waals surface area contributed by atoms with Gasteiger partial charge in [0.15, 0.2) is 11.5 Å². The van der Waals surface area contributed by atoms with Crippen molar-refractivity contribution in [2.45, 2.75) is 19.8 Å². The van der Waals surface area contributed by atoms with E-state index in [2.05, 4.69) is 5.32 Å². The average Bonchev–Trinajstić information content (AvgIpc) is 2.68. The summed E-state index contributed by atoms with van der Waals surface area (Å²) in [4.78, 5) is 24.2. The number of methoxy groups -OCH3 is 2. The van der Waals surface area contributed by atoms with Gasteiger partial charge in [0.05, 0.1) is 26.4 Å². The summed E-state index contributed by atoms with van der Waals surface area (Å²) in [5.74, 6) is 0.376. The Balaban J connectivity index is 2.02. The van der Waals surface area contributed by atoms with Crippen LogP contribution in [0.2, 0.25) is 0 Å². The number of ether oxygens (including phenoxy) is 3. The van der Waals surface area contributed by atoms with Gasteiger partial charge < -0.3 is 19.5 Å². The molecular formula is C20H23NO5.